The highest BCUT2D eigenvalue weighted by molar-refractivity contribution is 7.99. The van der Waals surface area contributed by atoms with E-state index in [1.54, 1.807) is 6.08 Å². The number of allylic oxidation sites excluding steroid dienone is 1. The van der Waals surface area contributed by atoms with Crippen LogP contribution in [0.4, 0.5) is 0 Å². The molecule has 1 unspecified atom stereocenters. The van der Waals surface area contributed by atoms with Crippen molar-refractivity contribution >= 4 is 23.7 Å². The van der Waals surface area contributed by atoms with E-state index in [2.05, 4.69) is 19.2 Å². The summed E-state index contributed by atoms with van der Waals surface area (Å²) in [5.41, 5.74) is 6.03. The molecule has 8 heteroatoms. The average molecular weight is 393 g/mol. The predicted octanol–water partition coefficient (Wildman–Crippen LogP) is 2.15. The van der Waals surface area contributed by atoms with Gasteiger partial charge in [0.25, 0.3) is 0 Å². The van der Waals surface area contributed by atoms with E-state index < -0.39 is 18.0 Å². The summed E-state index contributed by atoms with van der Waals surface area (Å²) < 4.78 is 0. The number of unbranched alkanes of at least 4 members (excludes halogenated alkanes) is 2. The van der Waals surface area contributed by atoms with Crippen LogP contribution < -0.4 is 11.1 Å². The summed E-state index contributed by atoms with van der Waals surface area (Å²) in [5, 5.41) is 27.9. The number of carboxylic acids is 2. The fourth-order valence-corrected chi connectivity index (χ4v) is 3.24. The Balaban J connectivity index is 0. The van der Waals surface area contributed by atoms with Crippen molar-refractivity contribution in [3.8, 4) is 0 Å². The fraction of sp³-hybridized carbons (Fsp3) is 0.778. The summed E-state index contributed by atoms with van der Waals surface area (Å²) in [4.78, 5) is 21.7. The van der Waals surface area contributed by atoms with Crippen LogP contribution in [-0.4, -0.2) is 58.5 Å². The molecule has 1 fully saturated rings. The second kappa shape index (κ2) is 13.9. The summed E-state index contributed by atoms with van der Waals surface area (Å²) in [6.45, 7) is 5.10. The highest BCUT2D eigenvalue weighted by Crippen LogP contribution is 2.51. The van der Waals surface area contributed by atoms with E-state index in [0.717, 1.165) is 32.1 Å². The van der Waals surface area contributed by atoms with Gasteiger partial charge in [0.05, 0.1) is 0 Å². The van der Waals surface area contributed by atoms with Crippen LogP contribution in [0, 0.1) is 11.3 Å². The molecule has 7 nitrogen and oxygen atoms in total. The highest BCUT2D eigenvalue weighted by Gasteiger charge is 2.45. The van der Waals surface area contributed by atoms with Crippen molar-refractivity contribution < 1.29 is 24.9 Å². The Hall–Kier alpha value is -1.25. The Morgan fingerprint density at radius 3 is 2.35 bits per heavy atom. The van der Waals surface area contributed by atoms with E-state index in [4.69, 9.17) is 15.9 Å². The van der Waals surface area contributed by atoms with E-state index in [1.165, 1.54) is 11.8 Å². The van der Waals surface area contributed by atoms with Crippen molar-refractivity contribution in [2.45, 2.75) is 53.0 Å². The van der Waals surface area contributed by atoms with Gasteiger partial charge in [-0.3, -0.25) is 4.79 Å². The maximum absolute atomic E-state index is 11.2. The zero-order valence-corrected chi connectivity index (χ0v) is 16.1. The van der Waals surface area contributed by atoms with Crippen LogP contribution in [0.3, 0.4) is 0 Å². The third-order valence-corrected chi connectivity index (χ3v) is 5.36. The number of nitrogens with one attached hydrogen (secondary N) is 1. The molecule has 0 saturated heterocycles. The van der Waals surface area contributed by atoms with E-state index in [0.29, 0.717) is 30.1 Å². The molecule has 0 aromatic rings. The highest BCUT2D eigenvalue weighted by atomic mass is 32.2. The predicted molar refractivity (Wildman–Crippen MR) is 107 cm³/mol. The standard InChI is InChI=1S/C16H28N2O4S.CH4O.CH4/c1-16(2)8-11(16)9-18-13(15(21)22)6-4-3-5-7-23-10-12(17)14(19)20;1-2;/h6,11-12,18H,3-5,7-10,17H2,1-2H3,(H,19,20)(H,21,22);2H,1H3;1H4/b13-6-;;/t11?,12-;;/m0../s1. The van der Waals surface area contributed by atoms with E-state index in [-0.39, 0.29) is 13.1 Å². The molecule has 154 valence electrons. The monoisotopic (exact) mass is 392 g/mol. The molecule has 1 aliphatic carbocycles. The van der Waals surface area contributed by atoms with Gasteiger partial charge in [0, 0.05) is 19.4 Å². The van der Waals surface area contributed by atoms with Crippen LogP contribution >= 0.6 is 11.8 Å². The van der Waals surface area contributed by atoms with Gasteiger partial charge in [-0.25, -0.2) is 4.79 Å². The number of nitrogens with two attached hydrogens (primary N) is 1. The van der Waals surface area contributed by atoms with Gasteiger partial charge in [-0.2, -0.15) is 11.8 Å². The fourth-order valence-electron chi connectivity index (χ4n) is 2.27. The van der Waals surface area contributed by atoms with Crippen LogP contribution in [-0.2, 0) is 9.59 Å². The summed E-state index contributed by atoms with van der Waals surface area (Å²) in [6, 6.07) is -0.811. The van der Waals surface area contributed by atoms with Crippen molar-refractivity contribution in [3.05, 3.63) is 11.8 Å². The Morgan fingerprint density at radius 1 is 1.31 bits per heavy atom. The van der Waals surface area contributed by atoms with E-state index in [1.807, 2.05) is 0 Å². The minimum Gasteiger partial charge on any atom is -0.480 e. The van der Waals surface area contributed by atoms with Crippen LogP contribution in [0.2, 0.25) is 0 Å². The zero-order valence-electron chi connectivity index (χ0n) is 15.3. The lowest BCUT2D eigenvalue weighted by Crippen LogP contribution is -2.32. The van der Waals surface area contributed by atoms with Gasteiger partial charge in [-0.1, -0.05) is 27.4 Å². The molecule has 1 saturated carbocycles. The van der Waals surface area contributed by atoms with Crippen molar-refractivity contribution in [2.75, 3.05) is 25.2 Å². The van der Waals surface area contributed by atoms with Gasteiger partial charge >= 0.3 is 11.9 Å². The second-order valence-corrected chi connectivity index (χ2v) is 7.86. The first kappa shape index (κ1) is 27.0. The molecule has 1 aliphatic rings. The SMILES string of the molecule is C.CC1(C)CC1CN/C(=C\CCCCSC[C@H](N)C(=O)O)C(=O)O.CO. The van der Waals surface area contributed by atoms with Crippen LogP contribution in [0.5, 0.6) is 0 Å². The summed E-state index contributed by atoms with van der Waals surface area (Å²) >= 11 is 1.52. The number of hydrogen-bond donors (Lipinski definition) is 5. The van der Waals surface area contributed by atoms with Crippen molar-refractivity contribution in [1.82, 2.24) is 5.32 Å². The molecule has 2 atom stereocenters. The molecule has 6 N–H and O–H groups in total. The summed E-state index contributed by atoms with van der Waals surface area (Å²) in [7, 11) is 1.00. The molecular formula is C18H36N2O5S. The summed E-state index contributed by atoms with van der Waals surface area (Å²) in [6.07, 6.45) is 5.38. The minimum absolute atomic E-state index is 0. The Bertz CT molecular complexity index is 455. The molecule has 0 radical (unpaired) electrons. The molecule has 26 heavy (non-hydrogen) atoms. The first-order chi connectivity index (χ1) is 11.7. The molecule has 0 aromatic heterocycles. The maximum atomic E-state index is 11.2. The first-order valence-corrected chi connectivity index (χ1v) is 9.57. The lowest BCUT2D eigenvalue weighted by atomic mass is 10.1. The van der Waals surface area contributed by atoms with E-state index in [9.17, 15) is 14.7 Å². The topological polar surface area (TPSA) is 133 Å². The van der Waals surface area contributed by atoms with Crippen molar-refractivity contribution in [1.29, 1.82) is 0 Å². The van der Waals surface area contributed by atoms with Gasteiger partial charge in [0.15, 0.2) is 0 Å². The molecule has 0 aliphatic heterocycles. The van der Waals surface area contributed by atoms with E-state index >= 15 is 0 Å². The van der Waals surface area contributed by atoms with Crippen molar-refractivity contribution in [3.63, 3.8) is 0 Å². The third kappa shape index (κ3) is 11.4. The Labute approximate surface area is 161 Å². The number of thioether (sulfide) groups is 1. The largest absolute Gasteiger partial charge is 0.480 e. The van der Waals surface area contributed by atoms with Crippen LogP contribution in [0.1, 0.15) is 47.0 Å². The van der Waals surface area contributed by atoms with Gasteiger partial charge in [0.2, 0.25) is 0 Å². The average Bonchev–Trinajstić information content (AvgIpc) is 3.17. The van der Waals surface area contributed by atoms with Gasteiger partial charge in [-0.15, -0.1) is 0 Å². The van der Waals surface area contributed by atoms with Gasteiger partial charge < -0.3 is 26.4 Å². The molecule has 1 rings (SSSR count). The molecule has 0 aromatic carbocycles. The lowest BCUT2D eigenvalue weighted by molar-refractivity contribution is -0.138. The zero-order chi connectivity index (χ0) is 19.5. The normalized spacial score (nSPS) is 18.7. The number of aliphatic carboxylic acids is 2. The quantitative estimate of drug-likeness (QED) is 0.252. The first-order valence-electron chi connectivity index (χ1n) is 8.42. The maximum Gasteiger partial charge on any atom is 0.351 e. The number of hydrogen-bond acceptors (Lipinski definition) is 6. The second-order valence-electron chi connectivity index (χ2n) is 6.71. The van der Waals surface area contributed by atoms with Gasteiger partial charge in [0.1, 0.15) is 11.7 Å². The lowest BCUT2D eigenvalue weighted by Gasteiger charge is -2.08. The molecule has 0 spiro atoms. The van der Waals surface area contributed by atoms with Crippen LogP contribution in [0.15, 0.2) is 11.8 Å². The summed E-state index contributed by atoms with van der Waals surface area (Å²) in [5.74, 6) is -0.0904. The number of carboxylic acid groups (broad SMARTS) is 2. The third-order valence-electron chi connectivity index (χ3n) is 4.19. The smallest absolute Gasteiger partial charge is 0.351 e. The number of rotatable bonds is 12. The molecule has 0 bridgehead atoms. The Kier molecular flexibility index (Phi) is 14.4. The van der Waals surface area contributed by atoms with Gasteiger partial charge in [-0.05, 0) is 42.8 Å². The molecular weight excluding hydrogens is 356 g/mol. The number of aliphatic hydroxyl groups is 1. The van der Waals surface area contributed by atoms with Crippen molar-refractivity contribution in [2.24, 2.45) is 17.1 Å². The number of aliphatic hydroxyl groups excluding tert-OH is 1. The molecule has 0 heterocycles. The Morgan fingerprint density at radius 2 is 1.88 bits per heavy atom. The molecule has 0 amide bonds. The van der Waals surface area contributed by atoms with Crippen LogP contribution in [0.25, 0.3) is 0 Å². The number of carbonyl (C=O) groups is 2. The minimum atomic E-state index is -0.976.